The van der Waals surface area contributed by atoms with Gasteiger partial charge in [0.25, 0.3) is 0 Å². The van der Waals surface area contributed by atoms with Crippen LogP contribution in [0.25, 0.3) is 11.4 Å². The van der Waals surface area contributed by atoms with E-state index in [0.29, 0.717) is 0 Å². The minimum atomic E-state index is 0.843. The second-order valence-corrected chi connectivity index (χ2v) is 7.36. The second-order valence-electron chi connectivity index (χ2n) is 6.36. The third-order valence-electron chi connectivity index (χ3n) is 4.66. The lowest BCUT2D eigenvalue weighted by molar-refractivity contribution is 0.244. The maximum absolute atomic E-state index is 5.18. The van der Waals surface area contributed by atoms with E-state index in [-0.39, 0.29) is 0 Å². The Bertz CT molecular complexity index is 818. The van der Waals surface area contributed by atoms with Crippen LogP contribution < -0.4 is 0 Å². The molecule has 0 unspecified atom stereocenters. The van der Waals surface area contributed by atoms with Crippen molar-refractivity contribution in [3.05, 3.63) is 45.8 Å². The molecule has 0 spiro atoms. The van der Waals surface area contributed by atoms with E-state index in [2.05, 4.69) is 39.9 Å². The standard InChI is InChI=1S/C18H22N4OS/c1-3-6-22-16-4-7-21(10-17-13(2)5-8-24-17)9-14(16)18(20-22)15-11-23-12-19-15/h5,8,11-12H,3-4,6-7,9-10H2,1-2H3. The number of fused-ring (bicyclic) bond motifs is 1. The van der Waals surface area contributed by atoms with Gasteiger partial charge < -0.3 is 4.42 Å². The number of oxazole rings is 1. The Hall–Kier alpha value is -1.92. The number of rotatable bonds is 5. The molecule has 0 saturated carbocycles. The van der Waals surface area contributed by atoms with Crippen molar-refractivity contribution in [1.29, 1.82) is 0 Å². The molecule has 6 heteroatoms. The average Bonchev–Trinajstić information content (AvgIpc) is 3.30. The van der Waals surface area contributed by atoms with Gasteiger partial charge in [-0.3, -0.25) is 9.58 Å². The molecule has 126 valence electrons. The van der Waals surface area contributed by atoms with Crippen molar-refractivity contribution in [2.45, 2.75) is 46.3 Å². The molecular formula is C18H22N4OS. The smallest absolute Gasteiger partial charge is 0.181 e. The summed E-state index contributed by atoms with van der Waals surface area (Å²) in [6.07, 6.45) is 5.31. The lowest BCUT2D eigenvalue weighted by atomic mass is 10.0. The molecule has 4 rings (SSSR count). The summed E-state index contributed by atoms with van der Waals surface area (Å²) in [5, 5.41) is 7.02. The van der Waals surface area contributed by atoms with Gasteiger partial charge in [-0.05, 0) is 30.4 Å². The van der Waals surface area contributed by atoms with Crippen LogP contribution in [-0.2, 0) is 26.1 Å². The van der Waals surface area contributed by atoms with E-state index in [1.807, 2.05) is 11.3 Å². The summed E-state index contributed by atoms with van der Waals surface area (Å²) in [6.45, 7) is 8.38. The molecule has 3 aromatic heterocycles. The molecule has 0 saturated heterocycles. The highest BCUT2D eigenvalue weighted by atomic mass is 32.1. The Morgan fingerprint density at radius 3 is 3.00 bits per heavy atom. The summed E-state index contributed by atoms with van der Waals surface area (Å²) in [4.78, 5) is 8.30. The molecular weight excluding hydrogens is 320 g/mol. The number of hydrogen-bond donors (Lipinski definition) is 0. The Morgan fingerprint density at radius 2 is 2.29 bits per heavy atom. The Balaban J connectivity index is 1.65. The van der Waals surface area contributed by atoms with Gasteiger partial charge in [0.2, 0.25) is 0 Å². The van der Waals surface area contributed by atoms with Crippen LogP contribution in [0.1, 0.15) is 35.0 Å². The molecule has 0 radical (unpaired) electrons. The van der Waals surface area contributed by atoms with Crippen LogP contribution in [0, 0.1) is 6.92 Å². The number of nitrogens with zero attached hydrogens (tertiary/aromatic N) is 4. The average molecular weight is 342 g/mol. The predicted octanol–water partition coefficient (Wildman–Crippen LogP) is 3.88. The molecule has 0 fully saturated rings. The topological polar surface area (TPSA) is 47.1 Å². The van der Waals surface area contributed by atoms with E-state index in [1.54, 1.807) is 6.26 Å². The van der Waals surface area contributed by atoms with Crippen LogP contribution in [0.3, 0.4) is 0 Å². The highest BCUT2D eigenvalue weighted by Crippen LogP contribution is 2.31. The summed E-state index contributed by atoms with van der Waals surface area (Å²) in [6, 6.07) is 2.20. The molecule has 1 aliphatic heterocycles. The highest BCUT2D eigenvalue weighted by Gasteiger charge is 2.26. The van der Waals surface area contributed by atoms with Crippen molar-refractivity contribution in [2.24, 2.45) is 0 Å². The van der Waals surface area contributed by atoms with Crippen LogP contribution in [-0.4, -0.2) is 26.2 Å². The SMILES string of the molecule is CCCn1nc(-c2cocn2)c2c1CCN(Cc1sccc1C)C2. The van der Waals surface area contributed by atoms with E-state index < -0.39 is 0 Å². The van der Waals surface area contributed by atoms with Gasteiger partial charge in [-0.25, -0.2) is 4.98 Å². The van der Waals surface area contributed by atoms with E-state index >= 15 is 0 Å². The van der Waals surface area contributed by atoms with E-state index in [1.165, 1.54) is 28.1 Å². The van der Waals surface area contributed by atoms with Crippen LogP contribution in [0.5, 0.6) is 0 Å². The highest BCUT2D eigenvalue weighted by molar-refractivity contribution is 7.10. The van der Waals surface area contributed by atoms with Gasteiger partial charge in [0.1, 0.15) is 17.7 Å². The maximum atomic E-state index is 5.18. The molecule has 5 nitrogen and oxygen atoms in total. The number of aromatic nitrogens is 3. The summed E-state index contributed by atoms with van der Waals surface area (Å²) in [5.74, 6) is 0. The summed E-state index contributed by atoms with van der Waals surface area (Å²) in [7, 11) is 0. The molecule has 0 aromatic carbocycles. The fourth-order valence-corrected chi connectivity index (χ4v) is 4.33. The normalized spacial score (nSPS) is 14.9. The summed E-state index contributed by atoms with van der Waals surface area (Å²) < 4.78 is 7.36. The van der Waals surface area contributed by atoms with Gasteiger partial charge in [-0.1, -0.05) is 6.92 Å². The maximum Gasteiger partial charge on any atom is 0.181 e. The van der Waals surface area contributed by atoms with Crippen molar-refractivity contribution in [3.8, 4) is 11.4 Å². The van der Waals surface area contributed by atoms with Gasteiger partial charge in [0.05, 0.1) is 0 Å². The summed E-state index contributed by atoms with van der Waals surface area (Å²) in [5.41, 5.74) is 5.91. The quantitative estimate of drug-likeness (QED) is 0.706. The molecule has 0 aliphatic carbocycles. The molecule has 24 heavy (non-hydrogen) atoms. The molecule has 0 N–H and O–H groups in total. The van der Waals surface area contributed by atoms with Crippen LogP contribution in [0.15, 0.2) is 28.5 Å². The van der Waals surface area contributed by atoms with Crippen molar-refractivity contribution in [2.75, 3.05) is 6.54 Å². The monoisotopic (exact) mass is 342 g/mol. The predicted molar refractivity (Wildman–Crippen MR) is 94.9 cm³/mol. The minimum Gasteiger partial charge on any atom is -0.451 e. The van der Waals surface area contributed by atoms with Gasteiger partial charge in [-0.2, -0.15) is 5.10 Å². The molecule has 3 aromatic rings. The van der Waals surface area contributed by atoms with E-state index in [4.69, 9.17) is 9.52 Å². The first kappa shape index (κ1) is 15.6. The zero-order valence-electron chi connectivity index (χ0n) is 14.2. The minimum absolute atomic E-state index is 0.843. The molecule has 1 aliphatic rings. The molecule has 0 amide bonds. The Labute approximate surface area is 145 Å². The van der Waals surface area contributed by atoms with Gasteiger partial charge in [0, 0.05) is 48.7 Å². The van der Waals surface area contributed by atoms with Crippen molar-refractivity contribution in [1.82, 2.24) is 19.7 Å². The molecule has 4 heterocycles. The first-order valence-electron chi connectivity index (χ1n) is 8.48. The fourth-order valence-electron chi connectivity index (χ4n) is 3.38. The third kappa shape index (κ3) is 2.80. The number of hydrogen-bond acceptors (Lipinski definition) is 5. The first-order chi connectivity index (χ1) is 11.8. The number of aryl methyl sites for hydroxylation is 2. The van der Waals surface area contributed by atoms with Crippen molar-refractivity contribution >= 4 is 11.3 Å². The zero-order valence-corrected chi connectivity index (χ0v) is 15.0. The van der Waals surface area contributed by atoms with E-state index in [9.17, 15) is 0 Å². The zero-order chi connectivity index (χ0) is 16.5. The van der Waals surface area contributed by atoms with Crippen molar-refractivity contribution in [3.63, 3.8) is 0 Å². The van der Waals surface area contributed by atoms with Gasteiger partial charge >= 0.3 is 0 Å². The van der Waals surface area contributed by atoms with E-state index in [0.717, 1.165) is 50.4 Å². The number of thiophene rings is 1. The largest absolute Gasteiger partial charge is 0.451 e. The third-order valence-corrected chi connectivity index (χ3v) is 5.67. The second kappa shape index (κ2) is 6.53. The molecule has 0 atom stereocenters. The molecule has 0 bridgehead atoms. The van der Waals surface area contributed by atoms with Crippen molar-refractivity contribution < 1.29 is 4.42 Å². The fraction of sp³-hybridized carbons (Fsp3) is 0.444. The lowest BCUT2D eigenvalue weighted by Gasteiger charge is -2.27. The van der Waals surface area contributed by atoms with Gasteiger partial charge in [0.15, 0.2) is 6.39 Å². The van der Waals surface area contributed by atoms with Gasteiger partial charge in [-0.15, -0.1) is 11.3 Å². The first-order valence-corrected chi connectivity index (χ1v) is 9.36. The lowest BCUT2D eigenvalue weighted by Crippen LogP contribution is -2.30. The van der Waals surface area contributed by atoms with Crippen LogP contribution >= 0.6 is 11.3 Å². The van der Waals surface area contributed by atoms with Crippen LogP contribution in [0.4, 0.5) is 0 Å². The Morgan fingerprint density at radius 1 is 1.38 bits per heavy atom. The van der Waals surface area contributed by atoms with Crippen LogP contribution in [0.2, 0.25) is 0 Å². The summed E-state index contributed by atoms with van der Waals surface area (Å²) >= 11 is 1.85. The Kier molecular flexibility index (Phi) is 4.24.